The number of carbonyl (C=O) groups excluding carboxylic acids is 1. The van der Waals surface area contributed by atoms with Gasteiger partial charge in [0.25, 0.3) is 0 Å². The van der Waals surface area contributed by atoms with Gasteiger partial charge in [-0.2, -0.15) is 0 Å². The zero-order valence-corrected chi connectivity index (χ0v) is 21.5. The van der Waals surface area contributed by atoms with Crippen molar-refractivity contribution in [1.29, 1.82) is 0 Å². The van der Waals surface area contributed by atoms with Gasteiger partial charge in [-0.1, -0.05) is 66.1 Å². The van der Waals surface area contributed by atoms with Gasteiger partial charge in [-0.3, -0.25) is 0 Å². The Morgan fingerprint density at radius 1 is 1.06 bits per heavy atom. The Bertz CT molecular complexity index is 1190. The van der Waals surface area contributed by atoms with Crippen molar-refractivity contribution >= 4 is 18.5 Å². The predicted octanol–water partition coefficient (Wildman–Crippen LogP) is 2.07. The molecule has 3 aromatic rings. The molecule has 1 aliphatic rings. The third kappa shape index (κ3) is 5.39. The number of hydrogen-bond donors (Lipinski definition) is 1. The molecule has 3 nitrogen and oxygen atoms in total. The van der Waals surface area contributed by atoms with E-state index < -0.39 is 18.5 Å². The van der Waals surface area contributed by atoms with E-state index in [0.717, 1.165) is 28.3 Å². The van der Waals surface area contributed by atoms with Crippen LogP contribution in [0, 0.1) is 19.3 Å². The van der Waals surface area contributed by atoms with Crippen LogP contribution in [0.15, 0.2) is 60.7 Å². The first-order valence-corrected chi connectivity index (χ1v) is 10.2. The van der Waals surface area contributed by atoms with E-state index in [4.69, 9.17) is 11.2 Å². The van der Waals surface area contributed by atoms with E-state index in [1.54, 1.807) is 0 Å². The van der Waals surface area contributed by atoms with Crippen LogP contribution in [0.2, 0.25) is 0 Å². The van der Waals surface area contributed by atoms with Crippen molar-refractivity contribution in [1.82, 2.24) is 5.32 Å². The van der Waals surface area contributed by atoms with Crippen molar-refractivity contribution in [3.63, 3.8) is 0 Å². The molecule has 0 aromatic heterocycles. The van der Waals surface area contributed by atoms with Gasteiger partial charge in [0.1, 0.15) is 6.61 Å². The number of hydrogen-bond acceptors (Lipinski definition) is 2. The fraction of sp³-hybridized carbons (Fsp3) is 0.160. The molecule has 8 heteroatoms. The summed E-state index contributed by atoms with van der Waals surface area (Å²) in [5.74, 6) is 2.14. The summed E-state index contributed by atoms with van der Waals surface area (Å²) in [6.45, 7) is -3.83. The van der Waals surface area contributed by atoms with Crippen molar-refractivity contribution < 1.29 is 73.9 Å². The first-order chi connectivity index (χ1) is 15.3. The van der Waals surface area contributed by atoms with Gasteiger partial charge in [0.2, 0.25) is 0 Å². The summed E-state index contributed by atoms with van der Waals surface area (Å²) in [5, 5.41) is 2.55. The van der Waals surface area contributed by atoms with E-state index in [9.17, 15) is 17.7 Å². The smallest absolute Gasteiger partial charge is 0.449 e. The summed E-state index contributed by atoms with van der Waals surface area (Å²) >= 11 is 0. The first kappa shape index (κ1) is 25.6. The maximum atomic E-state index is 13.4. The van der Waals surface area contributed by atoms with Crippen molar-refractivity contribution in [3.05, 3.63) is 88.5 Å². The van der Waals surface area contributed by atoms with Crippen LogP contribution in [0.4, 0.5) is 17.7 Å². The average Bonchev–Trinajstić information content (AvgIpc) is 3.10. The minimum atomic E-state index is -5.22. The number of fused-ring (bicyclic) bond motifs is 3. The van der Waals surface area contributed by atoms with Gasteiger partial charge >= 0.3 is 64.5 Å². The third-order valence-electron chi connectivity index (χ3n) is 5.84. The van der Waals surface area contributed by atoms with Gasteiger partial charge in [-0.05, 0) is 40.8 Å². The summed E-state index contributed by atoms with van der Waals surface area (Å²) in [6, 6.07) is 18.4. The third-order valence-corrected chi connectivity index (χ3v) is 5.84. The molecule has 1 aliphatic carbocycles. The Morgan fingerprint density at radius 3 is 2.18 bits per heavy atom. The molecule has 1 amide bonds. The molecule has 0 saturated carbocycles. The zero-order chi connectivity index (χ0) is 22.9. The number of rotatable bonds is 5. The summed E-state index contributed by atoms with van der Waals surface area (Å²) in [7, 11) is 0. The van der Waals surface area contributed by atoms with Crippen LogP contribution in [-0.2, 0) is 11.3 Å². The summed E-state index contributed by atoms with van der Waals surface area (Å²) in [6.07, 6.45) is 4.61. The second-order valence-electron chi connectivity index (χ2n) is 7.75. The van der Waals surface area contributed by atoms with Gasteiger partial charge < -0.3 is 23.0 Å². The molecule has 0 bridgehead atoms. The maximum absolute atomic E-state index is 13.4. The molecule has 0 spiro atoms. The van der Waals surface area contributed by atoms with Crippen molar-refractivity contribution in [2.75, 3.05) is 6.61 Å². The van der Waals surface area contributed by atoms with Crippen LogP contribution in [0.1, 0.15) is 33.7 Å². The molecule has 33 heavy (non-hydrogen) atoms. The first-order valence-electron chi connectivity index (χ1n) is 10.2. The van der Waals surface area contributed by atoms with Crippen LogP contribution in [0.3, 0.4) is 0 Å². The fourth-order valence-electron chi connectivity index (χ4n) is 4.22. The molecule has 0 radical (unpaired) electrons. The van der Waals surface area contributed by atoms with E-state index in [1.807, 2.05) is 48.5 Å². The van der Waals surface area contributed by atoms with Gasteiger partial charge in [-0.25, -0.2) is 4.79 Å². The number of halogens is 3. The second-order valence-corrected chi connectivity index (χ2v) is 7.75. The molecule has 3 aromatic carbocycles. The Hall–Kier alpha value is -2.02. The minimum absolute atomic E-state index is 0. The van der Waals surface area contributed by atoms with Gasteiger partial charge in [0.15, 0.2) is 0 Å². The number of benzene rings is 3. The molecule has 0 atom stereocenters. The van der Waals surface area contributed by atoms with Crippen LogP contribution in [0.5, 0.6) is 0 Å². The van der Waals surface area contributed by atoms with E-state index in [2.05, 4.69) is 11.2 Å². The van der Waals surface area contributed by atoms with Crippen LogP contribution >= 0.6 is 0 Å². The summed E-state index contributed by atoms with van der Waals surface area (Å²) < 4.78 is 45.5. The molecule has 0 aliphatic heterocycles. The molecule has 0 saturated heterocycles. The summed E-state index contributed by atoms with van der Waals surface area (Å²) in [5.41, 5.74) is 4.12. The molecule has 4 rings (SSSR count). The molecular weight excluding hydrogens is 453 g/mol. The van der Waals surface area contributed by atoms with E-state index in [0.29, 0.717) is 5.56 Å². The molecule has 0 unspecified atom stereocenters. The van der Waals surface area contributed by atoms with Crippen LogP contribution in [0.25, 0.3) is 11.1 Å². The standard InChI is InChI=1S/C25H20BF3NO2.K/c1-3-17-12-18(16(2)24(13-17)26(27,28)29)14-30-25(31)32-15-23-21-10-6-4-8-19(21)20-9-5-7-11-22(20)23;/h1,4-13,23H,14-15H2,2H3,(H,30,31);/q-1;+1. The van der Waals surface area contributed by atoms with Gasteiger partial charge in [-0.15, -0.1) is 11.9 Å². The Labute approximate surface area is 233 Å². The van der Waals surface area contributed by atoms with Gasteiger partial charge in [0, 0.05) is 18.0 Å². The Balaban J connectivity index is 0.00000306. The zero-order valence-electron chi connectivity index (χ0n) is 18.4. The van der Waals surface area contributed by atoms with E-state index in [1.165, 1.54) is 13.0 Å². The molecule has 162 valence electrons. The predicted molar refractivity (Wildman–Crippen MR) is 120 cm³/mol. The van der Waals surface area contributed by atoms with Gasteiger partial charge in [0.05, 0.1) is 0 Å². The van der Waals surface area contributed by atoms with Crippen molar-refractivity contribution in [2.24, 2.45) is 0 Å². The Kier molecular flexibility index (Phi) is 8.14. The SMILES string of the molecule is C#Cc1cc(CNC(=O)OCC2c3ccccc3-c3ccccc32)c(C)c([B-](F)(F)F)c1.[K+]. The number of nitrogens with one attached hydrogen (secondary N) is 1. The minimum Gasteiger partial charge on any atom is -0.449 e. The number of alkyl carbamates (subject to hydrolysis) is 1. The number of carbonyl (C=O) groups is 1. The van der Waals surface area contributed by atoms with Crippen molar-refractivity contribution in [3.8, 4) is 23.5 Å². The van der Waals surface area contributed by atoms with Crippen LogP contribution in [-0.4, -0.2) is 19.7 Å². The number of ether oxygens (including phenoxy) is 1. The molecular formula is C25H20BF3KNO2. The average molecular weight is 473 g/mol. The van der Waals surface area contributed by atoms with Crippen molar-refractivity contribution in [2.45, 2.75) is 19.4 Å². The number of amides is 1. The molecule has 1 N–H and O–H groups in total. The molecule has 0 heterocycles. The molecule has 0 fully saturated rings. The quantitative estimate of drug-likeness (QED) is 0.456. The Morgan fingerprint density at radius 2 is 1.64 bits per heavy atom. The maximum Gasteiger partial charge on any atom is 1.00 e. The summed E-state index contributed by atoms with van der Waals surface area (Å²) in [4.78, 5) is 12.4. The van der Waals surface area contributed by atoms with Crippen LogP contribution < -0.4 is 62.2 Å². The second kappa shape index (κ2) is 10.5. The van der Waals surface area contributed by atoms with E-state index in [-0.39, 0.29) is 81.6 Å². The topological polar surface area (TPSA) is 38.3 Å². The van der Waals surface area contributed by atoms with E-state index >= 15 is 0 Å². The fourth-order valence-corrected chi connectivity index (χ4v) is 4.22. The monoisotopic (exact) mass is 473 g/mol. The normalized spacial score (nSPS) is 12.2. The largest absolute Gasteiger partial charge is 1.00 e. The number of terminal acetylenes is 1.